The van der Waals surface area contributed by atoms with Gasteiger partial charge in [0, 0.05) is 29.5 Å². The van der Waals surface area contributed by atoms with Crippen molar-refractivity contribution < 1.29 is 14.4 Å². The molecule has 0 fully saturated rings. The average Bonchev–Trinajstić information content (AvgIpc) is 2.74. The van der Waals surface area contributed by atoms with E-state index in [1.165, 1.54) is 4.90 Å². The summed E-state index contributed by atoms with van der Waals surface area (Å²) in [5.41, 5.74) is 2.16. The molecule has 0 heterocycles. The summed E-state index contributed by atoms with van der Waals surface area (Å²) in [6.45, 7) is -0.0890. The number of anilines is 2. The Kier molecular flexibility index (Phi) is 6.37. The first-order valence-corrected chi connectivity index (χ1v) is 9.10. The molecule has 2 N–H and O–H groups in total. The maximum absolute atomic E-state index is 12.3. The largest absolute Gasteiger partial charge is 0.332 e. The van der Waals surface area contributed by atoms with E-state index >= 15 is 0 Å². The van der Waals surface area contributed by atoms with Gasteiger partial charge in [-0.05, 0) is 42.5 Å². The highest BCUT2D eigenvalue weighted by atomic mass is 16.2. The lowest BCUT2D eigenvalue weighted by Crippen LogP contribution is -2.34. The Balaban J connectivity index is 1.59. The topological polar surface area (TPSA) is 78.5 Å². The van der Waals surface area contributed by atoms with Crippen LogP contribution in [0.1, 0.15) is 20.7 Å². The quantitative estimate of drug-likeness (QED) is 0.678. The van der Waals surface area contributed by atoms with E-state index in [0.717, 1.165) is 0 Å². The van der Waals surface area contributed by atoms with Crippen LogP contribution < -0.4 is 10.6 Å². The minimum atomic E-state index is -0.330. The second kappa shape index (κ2) is 9.32. The zero-order chi connectivity index (χ0) is 20.6. The number of carbonyl (C=O) groups is 3. The van der Waals surface area contributed by atoms with Gasteiger partial charge >= 0.3 is 0 Å². The van der Waals surface area contributed by atoms with E-state index in [0.29, 0.717) is 22.5 Å². The molecule has 29 heavy (non-hydrogen) atoms. The molecule has 3 rings (SSSR count). The van der Waals surface area contributed by atoms with Crippen LogP contribution in [0.15, 0.2) is 84.9 Å². The molecule has 0 spiro atoms. The van der Waals surface area contributed by atoms with Gasteiger partial charge in [0.2, 0.25) is 5.91 Å². The molecule has 6 nitrogen and oxygen atoms in total. The van der Waals surface area contributed by atoms with E-state index in [1.807, 2.05) is 12.1 Å². The summed E-state index contributed by atoms with van der Waals surface area (Å²) in [4.78, 5) is 38.3. The third-order valence-electron chi connectivity index (χ3n) is 4.19. The van der Waals surface area contributed by atoms with Crippen LogP contribution in [0.2, 0.25) is 0 Å². The number of amides is 3. The summed E-state index contributed by atoms with van der Waals surface area (Å²) in [5, 5.41) is 5.55. The molecular formula is C23H21N3O3. The van der Waals surface area contributed by atoms with Gasteiger partial charge < -0.3 is 15.5 Å². The van der Waals surface area contributed by atoms with Crippen LogP contribution in [0.25, 0.3) is 0 Å². The Hall–Kier alpha value is -3.93. The first-order valence-electron chi connectivity index (χ1n) is 9.10. The SMILES string of the molecule is CN(CC(=O)Nc1cccc(NC(=O)c2ccccc2)c1)C(=O)c1ccccc1. The molecule has 0 aliphatic heterocycles. The predicted molar refractivity (Wildman–Crippen MR) is 113 cm³/mol. The maximum atomic E-state index is 12.3. The minimum absolute atomic E-state index is 0.0890. The lowest BCUT2D eigenvalue weighted by Gasteiger charge is -2.17. The van der Waals surface area contributed by atoms with E-state index in [2.05, 4.69) is 10.6 Å². The second-order valence-electron chi connectivity index (χ2n) is 6.48. The molecule has 0 radical (unpaired) electrons. The third kappa shape index (κ3) is 5.52. The van der Waals surface area contributed by atoms with Crippen molar-refractivity contribution in [1.82, 2.24) is 4.90 Å². The van der Waals surface area contributed by atoms with Crippen LogP contribution in [0.4, 0.5) is 11.4 Å². The van der Waals surface area contributed by atoms with Gasteiger partial charge in [-0.3, -0.25) is 14.4 Å². The highest BCUT2D eigenvalue weighted by Gasteiger charge is 2.15. The standard InChI is InChI=1S/C23H21N3O3/c1-26(23(29)18-11-6-3-7-12-18)16-21(27)24-19-13-8-14-20(15-19)25-22(28)17-9-4-2-5-10-17/h2-15H,16H2,1H3,(H,24,27)(H,25,28). The first-order chi connectivity index (χ1) is 14.0. The van der Waals surface area contributed by atoms with E-state index in [1.54, 1.807) is 79.8 Å². The Labute approximate surface area is 169 Å². The number of hydrogen-bond donors (Lipinski definition) is 2. The summed E-state index contributed by atoms with van der Waals surface area (Å²) in [6, 6.07) is 24.5. The average molecular weight is 387 g/mol. The van der Waals surface area contributed by atoms with Crippen LogP contribution in [-0.4, -0.2) is 36.2 Å². The number of likely N-dealkylation sites (N-methyl/N-ethyl adjacent to an activating group) is 1. The van der Waals surface area contributed by atoms with Crippen molar-refractivity contribution in [2.24, 2.45) is 0 Å². The lowest BCUT2D eigenvalue weighted by atomic mass is 10.2. The molecule has 3 amide bonds. The number of rotatable bonds is 6. The Morgan fingerprint density at radius 1 is 0.724 bits per heavy atom. The van der Waals surface area contributed by atoms with Crippen LogP contribution in [0, 0.1) is 0 Å². The molecule has 0 saturated heterocycles. The van der Waals surface area contributed by atoms with Gasteiger partial charge in [-0.15, -0.1) is 0 Å². The lowest BCUT2D eigenvalue weighted by molar-refractivity contribution is -0.116. The summed E-state index contributed by atoms with van der Waals surface area (Å²) in [7, 11) is 1.57. The van der Waals surface area contributed by atoms with E-state index < -0.39 is 0 Å². The summed E-state index contributed by atoms with van der Waals surface area (Å²) in [5.74, 6) is -0.796. The molecule has 0 atom stereocenters. The van der Waals surface area contributed by atoms with Gasteiger partial charge in [-0.25, -0.2) is 0 Å². The van der Waals surface area contributed by atoms with Crippen LogP contribution in [0.3, 0.4) is 0 Å². The fourth-order valence-electron chi connectivity index (χ4n) is 2.76. The van der Waals surface area contributed by atoms with E-state index in [9.17, 15) is 14.4 Å². The molecule has 0 bridgehead atoms. The van der Waals surface area contributed by atoms with Gasteiger partial charge in [0.25, 0.3) is 11.8 Å². The van der Waals surface area contributed by atoms with Crippen molar-refractivity contribution in [3.05, 3.63) is 96.1 Å². The van der Waals surface area contributed by atoms with Crippen molar-refractivity contribution in [2.45, 2.75) is 0 Å². The summed E-state index contributed by atoms with van der Waals surface area (Å²) in [6.07, 6.45) is 0. The third-order valence-corrected chi connectivity index (χ3v) is 4.19. The van der Waals surface area contributed by atoms with E-state index in [4.69, 9.17) is 0 Å². The van der Waals surface area contributed by atoms with Crippen molar-refractivity contribution in [3.8, 4) is 0 Å². The van der Waals surface area contributed by atoms with Crippen molar-refractivity contribution in [1.29, 1.82) is 0 Å². The fourth-order valence-corrected chi connectivity index (χ4v) is 2.76. The molecule has 0 aliphatic carbocycles. The van der Waals surface area contributed by atoms with Crippen molar-refractivity contribution >= 4 is 29.1 Å². The first kappa shape index (κ1) is 19.8. The minimum Gasteiger partial charge on any atom is -0.332 e. The van der Waals surface area contributed by atoms with Gasteiger partial charge in [0.1, 0.15) is 0 Å². The predicted octanol–water partition coefficient (Wildman–Crippen LogP) is 3.65. The molecule has 3 aromatic carbocycles. The normalized spacial score (nSPS) is 10.1. The van der Waals surface area contributed by atoms with Crippen molar-refractivity contribution in [2.75, 3.05) is 24.2 Å². The molecule has 6 heteroatoms. The molecule has 0 aromatic heterocycles. The number of carbonyl (C=O) groups excluding carboxylic acids is 3. The Morgan fingerprint density at radius 2 is 1.28 bits per heavy atom. The highest BCUT2D eigenvalue weighted by Crippen LogP contribution is 2.16. The summed E-state index contributed by atoms with van der Waals surface area (Å²) < 4.78 is 0. The van der Waals surface area contributed by atoms with Gasteiger partial charge in [-0.1, -0.05) is 42.5 Å². The molecule has 0 unspecified atom stereocenters. The maximum Gasteiger partial charge on any atom is 0.255 e. The number of hydrogen-bond acceptors (Lipinski definition) is 3. The van der Waals surface area contributed by atoms with Crippen LogP contribution in [0.5, 0.6) is 0 Å². The number of nitrogens with zero attached hydrogens (tertiary/aromatic N) is 1. The molecule has 0 aliphatic rings. The fraction of sp³-hybridized carbons (Fsp3) is 0.0870. The molecule has 3 aromatic rings. The smallest absolute Gasteiger partial charge is 0.255 e. The second-order valence-corrected chi connectivity index (χ2v) is 6.48. The number of nitrogens with one attached hydrogen (secondary N) is 2. The van der Waals surface area contributed by atoms with E-state index in [-0.39, 0.29) is 24.3 Å². The Bertz CT molecular complexity index is 1000. The zero-order valence-electron chi connectivity index (χ0n) is 16.0. The zero-order valence-corrected chi connectivity index (χ0v) is 16.0. The molecular weight excluding hydrogens is 366 g/mol. The molecule has 146 valence electrons. The summed E-state index contributed by atoms with van der Waals surface area (Å²) >= 11 is 0. The Morgan fingerprint density at radius 3 is 1.90 bits per heavy atom. The molecule has 0 saturated carbocycles. The van der Waals surface area contributed by atoms with Crippen LogP contribution in [-0.2, 0) is 4.79 Å². The number of benzene rings is 3. The van der Waals surface area contributed by atoms with Gasteiger partial charge in [0.05, 0.1) is 6.54 Å². The van der Waals surface area contributed by atoms with Gasteiger partial charge in [-0.2, -0.15) is 0 Å². The van der Waals surface area contributed by atoms with Crippen LogP contribution >= 0.6 is 0 Å². The van der Waals surface area contributed by atoms with Crippen molar-refractivity contribution in [3.63, 3.8) is 0 Å². The van der Waals surface area contributed by atoms with Gasteiger partial charge in [0.15, 0.2) is 0 Å². The monoisotopic (exact) mass is 387 g/mol. The highest BCUT2D eigenvalue weighted by molar-refractivity contribution is 6.05.